The quantitative estimate of drug-likeness (QED) is 0.476. The maximum Gasteiger partial charge on any atom is 0.410 e. The van der Waals surface area contributed by atoms with Gasteiger partial charge in [-0.3, -0.25) is 4.79 Å². The Morgan fingerprint density at radius 3 is 2.59 bits per heavy atom. The molecule has 0 fully saturated rings. The molecule has 2 N–H and O–H groups in total. The first kappa shape index (κ1) is 22.2. The van der Waals surface area contributed by atoms with Gasteiger partial charge in [-0.1, -0.05) is 35.3 Å². The molecule has 0 radical (unpaired) electrons. The second kappa shape index (κ2) is 8.51. The molecule has 0 bridgehead atoms. The van der Waals surface area contributed by atoms with Gasteiger partial charge in [0.2, 0.25) is 0 Å². The number of nitrogens with zero attached hydrogens (tertiary/aromatic N) is 3. The Kier molecular flexibility index (Phi) is 5.91. The highest BCUT2D eigenvalue weighted by Gasteiger charge is 2.47. The minimum atomic E-state index is -4.61. The first-order chi connectivity index (χ1) is 15.2. The zero-order chi connectivity index (χ0) is 23.0. The Labute approximate surface area is 190 Å². The van der Waals surface area contributed by atoms with Gasteiger partial charge in [-0.15, -0.1) is 0 Å². The summed E-state index contributed by atoms with van der Waals surface area (Å²) < 4.78 is 47.5. The minimum Gasteiger partial charge on any atom is -0.497 e. The number of pyridine rings is 1. The third-order valence-electron chi connectivity index (χ3n) is 5.04. The van der Waals surface area contributed by atoms with Gasteiger partial charge >= 0.3 is 6.18 Å². The van der Waals surface area contributed by atoms with Crippen LogP contribution >= 0.6 is 23.2 Å². The van der Waals surface area contributed by atoms with Crippen LogP contribution in [0.2, 0.25) is 10.2 Å². The van der Waals surface area contributed by atoms with E-state index in [1.165, 1.54) is 19.4 Å². The van der Waals surface area contributed by atoms with Crippen molar-refractivity contribution in [1.82, 2.24) is 14.8 Å². The van der Waals surface area contributed by atoms with Crippen molar-refractivity contribution in [2.24, 2.45) is 0 Å². The summed E-state index contributed by atoms with van der Waals surface area (Å²) >= 11 is 12.3. The van der Waals surface area contributed by atoms with Crippen LogP contribution < -0.4 is 15.4 Å². The summed E-state index contributed by atoms with van der Waals surface area (Å²) in [5.41, 5.74) is 0.424. The molecular formula is C20H16Cl2F3N5O2. The highest BCUT2D eigenvalue weighted by atomic mass is 35.5. The number of halogens is 5. The number of methoxy groups -OCH3 is 1. The maximum absolute atomic E-state index is 13.9. The van der Waals surface area contributed by atoms with Gasteiger partial charge in [-0.2, -0.15) is 18.3 Å². The highest BCUT2D eigenvalue weighted by molar-refractivity contribution is 6.37. The molecule has 7 nitrogen and oxygen atoms in total. The molecule has 0 spiro atoms. The number of hydrogen-bond acceptors (Lipinski definition) is 5. The third kappa shape index (κ3) is 4.20. The van der Waals surface area contributed by atoms with Crippen molar-refractivity contribution in [3.8, 4) is 5.75 Å². The van der Waals surface area contributed by atoms with Crippen molar-refractivity contribution >= 4 is 40.6 Å². The number of aromatic nitrogens is 3. The molecule has 2 aromatic heterocycles. The van der Waals surface area contributed by atoms with Crippen LogP contribution in [0.5, 0.6) is 5.75 Å². The summed E-state index contributed by atoms with van der Waals surface area (Å²) in [7, 11) is 1.50. The zero-order valence-electron chi connectivity index (χ0n) is 16.5. The van der Waals surface area contributed by atoms with Crippen LogP contribution in [0.4, 0.5) is 24.7 Å². The molecule has 168 valence electrons. The molecule has 4 rings (SSSR count). The van der Waals surface area contributed by atoms with Crippen LogP contribution in [0.25, 0.3) is 0 Å². The number of rotatable bonds is 4. The van der Waals surface area contributed by atoms with E-state index in [-0.39, 0.29) is 33.8 Å². The normalized spacial score (nSPS) is 17.9. The van der Waals surface area contributed by atoms with Crippen LogP contribution in [0.3, 0.4) is 0 Å². The molecule has 2 atom stereocenters. The molecule has 0 aliphatic carbocycles. The van der Waals surface area contributed by atoms with Crippen molar-refractivity contribution in [3.05, 3.63) is 64.0 Å². The van der Waals surface area contributed by atoms with Crippen molar-refractivity contribution in [2.45, 2.75) is 24.7 Å². The van der Waals surface area contributed by atoms with Crippen molar-refractivity contribution < 1.29 is 22.7 Å². The molecular weight excluding hydrogens is 470 g/mol. The first-order valence-electron chi connectivity index (χ1n) is 9.36. The summed E-state index contributed by atoms with van der Waals surface area (Å²) in [6.07, 6.45) is -3.52. The SMILES string of the molecule is COc1ccc([C@H]2C[C@H](C(F)(F)F)n3nc(C(=O)Nc4cccnc4Cl)c(Cl)c3N2)cc1. The molecule has 32 heavy (non-hydrogen) atoms. The van der Waals surface area contributed by atoms with Gasteiger partial charge in [-0.25, -0.2) is 9.67 Å². The van der Waals surface area contributed by atoms with Crippen molar-refractivity contribution in [2.75, 3.05) is 17.7 Å². The number of amides is 1. The first-order valence-corrected chi connectivity index (χ1v) is 10.1. The molecule has 12 heteroatoms. The van der Waals surface area contributed by atoms with Gasteiger partial charge < -0.3 is 15.4 Å². The lowest BCUT2D eigenvalue weighted by Gasteiger charge is -2.33. The Hall–Kier alpha value is -2.98. The van der Waals surface area contributed by atoms with E-state index >= 15 is 0 Å². The standard InChI is InChI=1S/C20H16Cl2F3N5O2/c1-32-11-6-4-10(5-7-11)13-9-14(20(23,24)25)30-18(27-13)15(21)16(29-30)19(31)28-12-3-2-8-26-17(12)22/h2-8,13-14,27H,9H2,1H3,(H,28,31)/t13-,14-/m1/s1. The average molecular weight is 486 g/mol. The topological polar surface area (TPSA) is 81.1 Å². The Morgan fingerprint density at radius 2 is 1.97 bits per heavy atom. The lowest BCUT2D eigenvalue weighted by molar-refractivity contribution is -0.173. The number of carbonyl (C=O) groups excluding carboxylic acids is 1. The van der Waals surface area contributed by atoms with Crippen LogP contribution in [-0.4, -0.2) is 34.0 Å². The van der Waals surface area contributed by atoms with Gasteiger partial charge in [0.15, 0.2) is 16.9 Å². The fraction of sp³-hybridized carbons (Fsp3) is 0.250. The van der Waals surface area contributed by atoms with Gasteiger partial charge in [-0.05, 0) is 29.8 Å². The van der Waals surface area contributed by atoms with E-state index in [9.17, 15) is 18.0 Å². The van der Waals surface area contributed by atoms with E-state index < -0.39 is 24.2 Å². The number of alkyl halides is 3. The van der Waals surface area contributed by atoms with Crippen LogP contribution in [-0.2, 0) is 0 Å². The zero-order valence-corrected chi connectivity index (χ0v) is 18.0. The monoisotopic (exact) mass is 485 g/mol. The summed E-state index contributed by atoms with van der Waals surface area (Å²) in [4.78, 5) is 16.5. The van der Waals surface area contributed by atoms with Gasteiger partial charge in [0.25, 0.3) is 5.91 Å². The number of nitrogens with one attached hydrogen (secondary N) is 2. The van der Waals surface area contributed by atoms with Crippen LogP contribution in [0, 0.1) is 0 Å². The predicted octanol–water partition coefficient (Wildman–Crippen LogP) is 5.51. The molecule has 0 saturated heterocycles. The summed E-state index contributed by atoms with van der Waals surface area (Å²) in [6, 6.07) is 7.00. The number of carbonyl (C=O) groups is 1. The lowest BCUT2D eigenvalue weighted by Crippen LogP contribution is -2.35. The highest BCUT2D eigenvalue weighted by Crippen LogP contribution is 2.46. The van der Waals surface area contributed by atoms with Crippen LogP contribution in [0.15, 0.2) is 42.6 Å². The summed E-state index contributed by atoms with van der Waals surface area (Å²) in [5.74, 6) is -0.327. The van der Waals surface area contributed by atoms with Crippen molar-refractivity contribution in [1.29, 1.82) is 0 Å². The Bertz CT molecular complexity index is 1150. The smallest absolute Gasteiger partial charge is 0.410 e. The van der Waals surface area contributed by atoms with Crippen LogP contribution in [0.1, 0.15) is 34.6 Å². The lowest BCUT2D eigenvalue weighted by atomic mass is 9.97. The number of fused-ring (bicyclic) bond motifs is 1. The average Bonchev–Trinajstić information content (AvgIpc) is 3.10. The fourth-order valence-electron chi connectivity index (χ4n) is 3.45. The second-order valence-electron chi connectivity index (χ2n) is 7.01. The molecule has 3 aromatic rings. The molecule has 0 saturated carbocycles. The molecule has 3 heterocycles. The van der Waals surface area contributed by atoms with Crippen molar-refractivity contribution in [3.63, 3.8) is 0 Å². The summed E-state index contributed by atoms with van der Waals surface area (Å²) in [6.45, 7) is 0. The molecule has 0 unspecified atom stereocenters. The maximum atomic E-state index is 13.9. The van der Waals surface area contributed by atoms with E-state index in [0.29, 0.717) is 16.0 Å². The minimum absolute atomic E-state index is 0.0202. The van der Waals surface area contributed by atoms with Gasteiger partial charge in [0.1, 0.15) is 16.6 Å². The second-order valence-corrected chi connectivity index (χ2v) is 7.75. The Balaban J connectivity index is 1.69. The van der Waals surface area contributed by atoms with E-state index in [2.05, 4.69) is 20.7 Å². The molecule has 1 amide bonds. The largest absolute Gasteiger partial charge is 0.497 e. The van der Waals surface area contributed by atoms with E-state index in [4.69, 9.17) is 27.9 Å². The molecule has 1 aliphatic rings. The predicted molar refractivity (Wildman–Crippen MR) is 114 cm³/mol. The fourth-order valence-corrected chi connectivity index (χ4v) is 3.88. The van der Waals surface area contributed by atoms with E-state index in [1.54, 1.807) is 30.3 Å². The third-order valence-corrected chi connectivity index (χ3v) is 5.70. The van der Waals surface area contributed by atoms with E-state index in [1.807, 2.05) is 0 Å². The van der Waals surface area contributed by atoms with Gasteiger partial charge in [0.05, 0.1) is 18.8 Å². The number of hydrogen-bond donors (Lipinski definition) is 2. The number of anilines is 2. The Morgan fingerprint density at radius 1 is 1.25 bits per heavy atom. The van der Waals surface area contributed by atoms with Gasteiger partial charge in [0, 0.05) is 12.6 Å². The van der Waals surface area contributed by atoms with E-state index in [0.717, 1.165) is 0 Å². The molecule has 1 aromatic carbocycles. The summed E-state index contributed by atoms with van der Waals surface area (Å²) in [5, 5.41) is 9.13. The number of ether oxygens (including phenoxy) is 1. The number of benzene rings is 1. The molecule has 1 aliphatic heterocycles.